The molecule has 0 saturated carbocycles. The summed E-state index contributed by atoms with van der Waals surface area (Å²) in [5.41, 5.74) is -0.519. The van der Waals surface area contributed by atoms with Gasteiger partial charge in [-0.1, -0.05) is 20.8 Å². The van der Waals surface area contributed by atoms with Crippen molar-refractivity contribution in [3.8, 4) is 0 Å². The number of amides is 1. The highest BCUT2D eigenvalue weighted by molar-refractivity contribution is 7.92. The second-order valence-electron chi connectivity index (χ2n) is 3.83. The van der Waals surface area contributed by atoms with E-state index in [1.165, 1.54) is 12.5 Å². The van der Waals surface area contributed by atoms with Crippen LogP contribution in [-0.4, -0.2) is 22.6 Å². The lowest BCUT2D eigenvalue weighted by atomic mass is 9.96. The summed E-state index contributed by atoms with van der Waals surface area (Å²) < 4.78 is 14.6. The molecular weight excluding hydrogens is 162 g/mol. The second kappa shape index (κ2) is 2.93. The van der Waals surface area contributed by atoms with Crippen LogP contribution in [0, 0.1) is 5.41 Å². The van der Waals surface area contributed by atoms with Crippen LogP contribution in [0.25, 0.3) is 0 Å². The Morgan fingerprint density at radius 3 is 1.73 bits per heavy atom. The summed E-state index contributed by atoms with van der Waals surface area (Å²) in [5, 5.41) is 0. The van der Waals surface area contributed by atoms with E-state index in [9.17, 15) is 9.00 Å². The first-order valence-electron chi connectivity index (χ1n) is 3.34. The van der Waals surface area contributed by atoms with Crippen LogP contribution in [0.4, 0.5) is 0 Å². The topological polar surface area (TPSA) is 46.5 Å². The SMILES string of the molecule is CC(C)(C)C(=O)N=S(C)(C)=O. The van der Waals surface area contributed by atoms with Crippen LogP contribution in [0.1, 0.15) is 20.8 Å². The summed E-state index contributed by atoms with van der Waals surface area (Å²) in [4.78, 5) is 11.1. The predicted octanol–water partition coefficient (Wildman–Crippen LogP) is 1.29. The highest BCUT2D eigenvalue weighted by atomic mass is 32.2. The molecule has 0 aliphatic heterocycles. The number of hydrogen-bond acceptors (Lipinski definition) is 2. The zero-order valence-electron chi connectivity index (χ0n) is 7.67. The second-order valence-corrected chi connectivity index (χ2v) is 6.37. The predicted molar refractivity (Wildman–Crippen MR) is 46.9 cm³/mol. The van der Waals surface area contributed by atoms with Gasteiger partial charge in [-0.2, -0.15) is 4.36 Å². The fourth-order valence-corrected chi connectivity index (χ4v) is 1.01. The molecule has 1 amide bonds. The minimum absolute atomic E-state index is 0.299. The van der Waals surface area contributed by atoms with Gasteiger partial charge in [0.15, 0.2) is 0 Å². The first-order chi connectivity index (χ1) is 4.63. The molecule has 0 saturated heterocycles. The zero-order chi connectivity index (χ0) is 9.28. The Kier molecular flexibility index (Phi) is 2.83. The van der Waals surface area contributed by atoms with E-state index in [-0.39, 0.29) is 5.91 Å². The molecule has 0 aliphatic rings. The number of carbonyl (C=O) groups excluding carboxylic acids is 1. The van der Waals surface area contributed by atoms with Gasteiger partial charge < -0.3 is 0 Å². The van der Waals surface area contributed by atoms with Crippen molar-refractivity contribution in [2.45, 2.75) is 20.8 Å². The van der Waals surface area contributed by atoms with Crippen LogP contribution >= 0.6 is 0 Å². The Labute approximate surface area is 68.4 Å². The van der Waals surface area contributed by atoms with E-state index in [1.807, 2.05) is 0 Å². The van der Waals surface area contributed by atoms with Crippen LogP contribution in [0.15, 0.2) is 4.36 Å². The van der Waals surface area contributed by atoms with E-state index >= 15 is 0 Å². The maximum atomic E-state index is 11.1. The van der Waals surface area contributed by atoms with E-state index in [2.05, 4.69) is 4.36 Å². The van der Waals surface area contributed by atoms with Crippen molar-refractivity contribution in [3.63, 3.8) is 0 Å². The van der Waals surface area contributed by atoms with Gasteiger partial charge in [-0.25, -0.2) is 4.21 Å². The molecule has 0 heterocycles. The molecule has 0 aromatic rings. The quantitative estimate of drug-likeness (QED) is 0.559. The van der Waals surface area contributed by atoms with Crippen molar-refractivity contribution < 1.29 is 9.00 Å². The smallest absolute Gasteiger partial charge is 0.259 e. The largest absolute Gasteiger partial charge is 0.271 e. The molecular formula is C7H15NO2S. The van der Waals surface area contributed by atoms with Gasteiger partial charge in [-0.3, -0.25) is 4.79 Å². The molecule has 0 N–H and O–H groups in total. The lowest BCUT2D eigenvalue weighted by Crippen LogP contribution is -2.19. The van der Waals surface area contributed by atoms with Gasteiger partial charge >= 0.3 is 0 Å². The van der Waals surface area contributed by atoms with E-state index in [4.69, 9.17) is 0 Å². The lowest BCUT2D eigenvalue weighted by Gasteiger charge is -2.12. The van der Waals surface area contributed by atoms with Crippen molar-refractivity contribution in [2.75, 3.05) is 12.5 Å². The first kappa shape index (κ1) is 10.6. The van der Waals surface area contributed by atoms with Gasteiger partial charge in [0.1, 0.15) is 0 Å². The van der Waals surface area contributed by atoms with Gasteiger partial charge in [0.05, 0.1) is 0 Å². The molecule has 4 heteroatoms. The van der Waals surface area contributed by atoms with Crippen LogP contribution < -0.4 is 0 Å². The molecule has 0 aromatic carbocycles. The van der Waals surface area contributed by atoms with Gasteiger partial charge in [-0.15, -0.1) is 0 Å². The number of hydrogen-bond donors (Lipinski definition) is 0. The first-order valence-corrected chi connectivity index (χ1v) is 5.67. The van der Waals surface area contributed by atoms with Crippen molar-refractivity contribution in [1.29, 1.82) is 0 Å². The third-order valence-corrected chi connectivity index (χ3v) is 1.55. The monoisotopic (exact) mass is 177 g/mol. The van der Waals surface area contributed by atoms with Gasteiger partial charge in [0.25, 0.3) is 5.91 Å². The van der Waals surface area contributed by atoms with E-state index in [1.54, 1.807) is 20.8 Å². The van der Waals surface area contributed by atoms with Gasteiger partial charge in [-0.05, 0) is 0 Å². The van der Waals surface area contributed by atoms with Crippen molar-refractivity contribution in [3.05, 3.63) is 0 Å². The molecule has 0 fully saturated rings. The van der Waals surface area contributed by atoms with Crippen molar-refractivity contribution in [1.82, 2.24) is 0 Å². The third kappa shape index (κ3) is 4.95. The molecule has 0 aromatic heterocycles. The maximum Gasteiger partial charge on any atom is 0.259 e. The summed E-state index contributed by atoms with van der Waals surface area (Å²) >= 11 is 0. The van der Waals surface area contributed by atoms with E-state index < -0.39 is 15.1 Å². The molecule has 0 radical (unpaired) electrons. The molecule has 0 atom stereocenters. The molecule has 0 unspecified atom stereocenters. The Morgan fingerprint density at radius 2 is 1.64 bits per heavy atom. The molecule has 3 nitrogen and oxygen atoms in total. The third-order valence-electron chi connectivity index (χ3n) is 0.944. The average Bonchev–Trinajstić information content (AvgIpc) is 1.56. The van der Waals surface area contributed by atoms with Crippen LogP contribution in [0.2, 0.25) is 0 Å². The minimum atomic E-state index is -2.28. The highest BCUT2D eigenvalue weighted by Crippen LogP contribution is 2.15. The zero-order valence-corrected chi connectivity index (χ0v) is 8.49. The van der Waals surface area contributed by atoms with Crippen molar-refractivity contribution in [2.24, 2.45) is 9.78 Å². The van der Waals surface area contributed by atoms with E-state index in [0.29, 0.717) is 0 Å². The van der Waals surface area contributed by atoms with Gasteiger partial charge in [0, 0.05) is 27.7 Å². The summed E-state index contributed by atoms with van der Waals surface area (Å²) in [6, 6.07) is 0. The van der Waals surface area contributed by atoms with Crippen LogP contribution in [-0.2, 0) is 14.5 Å². The average molecular weight is 177 g/mol. The number of carbonyl (C=O) groups is 1. The van der Waals surface area contributed by atoms with E-state index in [0.717, 1.165) is 0 Å². The standard InChI is InChI=1S/C7H15NO2S/c1-7(2,3)6(9)8-11(4,5)10/h1-5H3. The normalized spacial score (nSPS) is 12.8. The van der Waals surface area contributed by atoms with Crippen LogP contribution in [0.3, 0.4) is 0 Å². The minimum Gasteiger partial charge on any atom is -0.271 e. The fourth-order valence-electron chi connectivity index (χ4n) is 0.337. The summed E-state index contributed by atoms with van der Waals surface area (Å²) in [5.74, 6) is -0.299. The molecule has 11 heavy (non-hydrogen) atoms. The Morgan fingerprint density at radius 1 is 1.27 bits per heavy atom. The van der Waals surface area contributed by atoms with Gasteiger partial charge in [0.2, 0.25) is 0 Å². The Bertz CT molecular complexity index is 259. The Balaban J connectivity index is 4.73. The molecule has 66 valence electrons. The fraction of sp³-hybridized carbons (Fsp3) is 0.857. The summed E-state index contributed by atoms with van der Waals surface area (Å²) in [6.45, 7) is 5.26. The van der Waals surface area contributed by atoms with Crippen molar-refractivity contribution >= 4 is 15.6 Å². The molecule has 0 rings (SSSR count). The maximum absolute atomic E-state index is 11.1. The number of nitrogens with zero attached hydrogens (tertiary/aromatic N) is 1. The summed E-state index contributed by atoms with van der Waals surface area (Å²) in [6.07, 6.45) is 2.91. The summed E-state index contributed by atoms with van der Waals surface area (Å²) in [7, 11) is -2.28. The Hall–Kier alpha value is -0.380. The molecule has 0 bridgehead atoms. The molecule has 0 spiro atoms. The number of rotatable bonds is 0. The van der Waals surface area contributed by atoms with Crippen LogP contribution in [0.5, 0.6) is 0 Å². The lowest BCUT2D eigenvalue weighted by molar-refractivity contribution is -0.124. The molecule has 0 aliphatic carbocycles. The highest BCUT2D eigenvalue weighted by Gasteiger charge is 2.21.